The van der Waals surface area contributed by atoms with Gasteiger partial charge in [0.15, 0.2) is 0 Å². The van der Waals surface area contributed by atoms with Gasteiger partial charge in [0.25, 0.3) is 0 Å². The van der Waals surface area contributed by atoms with E-state index in [9.17, 15) is 0 Å². The fourth-order valence-corrected chi connectivity index (χ4v) is 4.17. The molecule has 0 bridgehead atoms. The van der Waals surface area contributed by atoms with E-state index in [-0.39, 0.29) is 6.17 Å². The molecule has 0 spiro atoms. The third-order valence-electron chi connectivity index (χ3n) is 5.39. The van der Waals surface area contributed by atoms with E-state index in [0.717, 1.165) is 48.3 Å². The van der Waals surface area contributed by atoms with Gasteiger partial charge in [-0.25, -0.2) is 4.68 Å². The number of ether oxygens (including phenoxy) is 1. The third kappa shape index (κ3) is 2.87. The zero-order valence-electron chi connectivity index (χ0n) is 15.2. The van der Waals surface area contributed by atoms with Gasteiger partial charge in [0.05, 0.1) is 18.9 Å². The Hall–Kier alpha value is -2.50. The van der Waals surface area contributed by atoms with Crippen molar-refractivity contribution in [3.05, 3.63) is 64.8 Å². The second-order valence-electron chi connectivity index (χ2n) is 7.04. The molecule has 0 amide bonds. The number of rotatable bonds is 2. The first-order valence-electron chi connectivity index (χ1n) is 9.24. The van der Waals surface area contributed by atoms with Gasteiger partial charge in [-0.2, -0.15) is 5.10 Å². The van der Waals surface area contributed by atoms with Gasteiger partial charge in [-0.15, -0.1) is 0 Å². The predicted molar refractivity (Wildman–Crippen MR) is 109 cm³/mol. The summed E-state index contributed by atoms with van der Waals surface area (Å²) < 4.78 is 7.52. The van der Waals surface area contributed by atoms with Gasteiger partial charge >= 0.3 is 0 Å². The minimum atomic E-state index is -0.0558. The van der Waals surface area contributed by atoms with Crippen LogP contribution in [0, 0.1) is 6.92 Å². The fourth-order valence-electron chi connectivity index (χ4n) is 4.00. The molecule has 5 nitrogen and oxygen atoms in total. The van der Waals surface area contributed by atoms with Gasteiger partial charge in [-0.1, -0.05) is 17.7 Å². The molecule has 0 radical (unpaired) electrons. The molecule has 1 aromatic heterocycles. The lowest BCUT2D eigenvalue weighted by molar-refractivity contribution is 0.122. The standard InChI is InChI=1S/C21H21ClN4O/c1-14-12-16(25-8-10-27-11-9-25)3-5-17(14)21-24-19-13-15(22)2-4-18(19)20-6-7-23-26(20)21/h2-7,12-13,21,24H,8-11H2,1H3/t21-/m1/s1. The van der Waals surface area contributed by atoms with Crippen LogP contribution in [0.2, 0.25) is 5.02 Å². The van der Waals surface area contributed by atoms with Crippen molar-refractivity contribution in [3.8, 4) is 11.3 Å². The number of hydrogen-bond acceptors (Lipinski definition) is 4. The number of aryl methyl sites for hydroxylation is 1. The van der Waals surface area contributed by atoms with Crippen molar-refractivity contribution < 1.29 is 4.74 Å². The Balaban J connectivity index is 1.53. The van der Waals surface area contributed by atoms with Crippen LogP contribution in [-0.2, 0) is 4.74 Å². The van der Waals surface area contributed by atoms with Gasteiger partial charge in [0.1, 0.15) is 6.17 Å². The summed E-state index contributed by atoms with van der Waals surface area (Å²) >= 11 is 6.23. The molecular formula is C21H21ClN4O. The Kier molecular flexibility index (Phi) is 4.06. The molecule has 2 aliphatic heterocycles. The number of hydrogen-bond donors (Lipinski definition) is 1. The monoisotopic (exact) mass is 380 g/mol. The first-order valence-corrected chi connectivity index (χ1v) is 9.62. The lowest BCUT2D eigenvalue weighted by atomic mass is 10.0. The van der Waals surface area contributed by atoms with Crippen LogP contribution in [0.4, 0.5) is 11.4 Å². The molecule has 3 heterocycles. The van der Waals surface area contributed by atoms with Crippen molar-refractivity contribution in [2.45, 2.75) is 13.1 Å². The van der Waals surface area contributed by atoms with Crippen molar-refractivity contribution in [1.82, 2.24) is 9.78 Å². The fraction of sp³-hybridized carbons (Fsp3) is 0.286. The Morgan fingerprint density at radius 3 is 2.78 bits per heavy atom. The van der Waals surface area contributed by atoms with Gasteiger partial charge in [-0.05, 0) is 54.4 Å². The Morgan fingerprint density at radius 2 is 1.96 bits per heavy atom. The first kappa shape index (κ1) is 16.7. The van der Waals surface area contributed by atoms with Crippen LogP contribution in [-0.4, -0.2) is 36.1 Å². The normalized spacial score (nSPS) is 18.6. The summed E-state index contributed by atoms with van der Waals surface area (Å²) in [4.78, 5) is 2.38. The molecule has 138 valence electrons. The second kappa shape index (κ2) is 6.59. The van der Waals surface area contributed by atoms with Crippen LogP contribution in [0.15, 0.2) is 48.7 Å². The molecule has 3 aromatic rings. The Labute approximate surface area is 163 Å². The largest absolute Gasteiger partial charge is 0.378 e. The van der Waals surface area contributed by atoms with Crippen LogP contribution in [0.3, 0.4) is 0 Å². The van der Waals surface area contributed by atoms with Crippen LogP contribution >= 0.6 is 11.6 Å². The Morgan fingerprint density at radius 1 is 1.11 bits per heavy atom. The zero-order valence-corrected chi connectivity index (χ0v) is 15.9. The van der Waals surface area contributed by atoms with Crippen LogP contribution in [0.5, 0.6) is 0 Å². The third-order valence-corrected chi connectivity index (χ3v) is 5.62. The molecule has 6 heteroatoms. The molecule has 27 heavy (non-hydrogen) atoms. The smallest absolute Gasteiger partial charge is 0.147 e. The zero-order chi connectivity index (χ0) is 18.4. The molecule has 1 fully saturated rings. The highest BCUT2D eigenvalue weighted by Gasteiger charge is 2.27. The molecule has 2 aliphatic rings. The number of halogens is 1. The van der Waals surface area contributed by atoms with E-state index in [0.29, 0.717) is 0 Å². The molecule has 1 N–H and O–H groups in total. The maximum atomic E-state index is 6.23. The number of benzene rings is 2. The minimum Gasteiger partial charge on any atom is -0.378 e. The van der Waals surface area contributed by atoms with Gasteiger partial charge in [-0.3, -0.25) is 0 Å². The topological polar surface area (TPSA) is 42.3 Å². The van der Waals surface area contributed by atoms with Crippen molar-refractivity contribution in [2.24, 2.45) is 0 Å². The minimum absolute atomic E-state index is 0.0558. The maximum absolute atomic E-state index is 6.23. The van der Waals surface area contributed by atoms with E-state index >= 15 is 0 Å². The number of nitrogens with zero attached hydrogens (tertiary/aromatic N) is 3. The van der Waals surface area contributed by atoms with E-state index in [1.165, 1.54) is 16.8 Å². The molecule has 2 aromatic carbocycles. The van der Waals surface area contributed by atoms with Gasteiger partial charge < -0.3 is 15.0 Å². The van der Waals surface area contributed by atoms with E-state index in [2.05, 4.69) is 46.5 Å². The maximum Gasteiger partial charge on any atom is 0.147 e. The molecule has 5 rings (SSSR count). The summed E-state index contributed by atoms with van der Waals surface area (Å²) in [5, 5.41) is 8.93. The predicted octanol–water partition coefficient (Wildman–Crippen LogP) is 4.32. The highest BCUT2D eigenvalue weighted by Crippen LogP contribution is 2.40. The van der Waals surface area contributed by atoms with E-state index in [1.807, 2.05) is 29.1 Å². The Bertz CT molecular complexity index is 994. The second-order valence-corrected chi connectivity index (χ2v) is 7.47. The van der Waals surface area contributed by atoms with E-state index in [1.54, 1.807) is 0 Å². The summed E-state index contributed by atoms with van der Waals surface area (Å²) in [6.07, 6.45) is 1.80. The summed E-state index contributed by atoms with van der Waals surface area (Å²) in [5.41, 5.74) is 6.96. The first-order chi connectivity index (χ1) is 13.2. The molecule has 0 unspecified atom stereocenters. The van der Waals surface area contributed by atoms with Crippen LogP contribution in [0.1, 0.15) is 17.3 Å². The number of morpholine rings is 1. The summed E-state index contributed by atoms with van der Waals surface area (Å²) in [6.45, 7) is 5.63. The number of fused-ring (bicyclic) bond motifs is 3. The van der Waals surface area contributed by atoms with Crippen LogP contribution in [0.25, 0.3) is 11.3 Å². The van der Waals surface area contributed by atoms with Crippen molar-refractivity contribution >= 4 is 23.0 Å². The molecule has 0 aliphatic carbocycles. The van der Waals surface area contributed by atoms with Gasteiger partial charge in [0, 0.05) is 41.2 Å². The van der Waals surface area contributed by atoms with Crippen molar-refractivity contribution in [1.29, 1.82) is 0 Å². The summed E-state index contributed by atoms with van der Waals surface area (Å²) in [7, 11) is 0. The number of anilines is 2. The highest BCUT2D eigenvalue weighted by molar-refractivity contribution is 6.31. The molecular weight excluding hydrogens is 360 g/mol. The quantitative estimate of drug-likeness (QED) is 0.719. The number of aromatic nitrogens is 2. The summed E-state index contributed by atoms with van der Waals surface area (Å²) in [5.74, 6) is 0. The summed E-state index contributed by atoms with van der Waals surface area (Å²) in [6, 6.07) is 14.7. The lowest BCUT2D eigenvalue weighted by Gasteiger charge is -2.32. The lowest BCUT2D eigenvalue weighted by Crippen LogP contribution is -2.36. The average Bonchev–Trinajstić information content (AvgIpc) is 3.18. The van der Waals surface area contributed by atoms with Gasteiger partial charge in [0.2, 0.25) is 0 Å². The molecule has 1 saturated heterocycles. The van der Waals surface area contributed by atoms with E-state index < -0.39 is 0 Å². The highest BCUT2D eigenvalue weighted by atomic mass is 35.5. The van der Waals surface area contributed by atoms with Crippen LogP contribution < -0.4 is 10.2 Å². The number of nitrogens with one attached hydrogen (secondary N) is 1. The van der Waals surface area contributed by atoms with Crippen molar-refractivity contribution in [2.75, 3.05) is 36.5 Å². The van der Waals surface area contributed by atoms with Crippen molar-refractivity contribution in [3.63, 3.8) is 0 Å². The molecule has 0 saturated carbocycles. The average molecular weight is 381 g/mol. The molecule has 1 atom stereocenters. The van der Waals surface area contributed by atoms with E-state index in [4.69, 9.17) is 16.3 Å². The SMILES string of the molecule is Cc1cc(N2CCOCC2)ccc1[C@@H]1Nc2cc(Cl)ccc2-c2ccnn21.